The van der Waals surface area contributed by atoms with E-state index in [1.165, 1.54) is 12.1 Å². The van der Waals surface area contributed by atoms with Gasteiger partial charge in [-0.25, -0.2) is 0 Å². The second kappa shape index (κ2) is 5.89. The van der Waals surface area contributed by atoms with Crippen molar-refractivity contribution in [3.05, 3.63) is 46.1 Å². The van der Waals surface area contributed by atoms with Gasteiger partial charge in [0.05, 0.1) is 4.83 Å². The number of amides is 1. The van der Waals surface area contributed by atoms with E-state index in [-0.39, 0.29) is 21.9 Å². The quantitative estimate of drug-likeness (QED) is 0.847. The fourth-order valence-electron chi connectivity index (χ4n) is 1.84. The minimum Gasteiger partial charge on any atom is -0.320 e. The zero-order valence-electron chi connectivity index (χ0n) is 10.6. The number of hydrogen-bond acceptors (Lipinski definition) is 3. The van der Waals surface area contributed by atoms with Crippen molar-refractivity contribution >= 4 is 45.0 Å². The Morgan fingerprint density at radius 3 is 2.35 bits per heavy atom. The molecule has 1 N–H and O–H groups in total. The zero-order valence-corrected chi connectivity index (χ0v) is 12.9. The largest absolute Gasteiger partial charge is 0.320 e. The molecule has 1 aromatic rings. The summed E-state index contributed by atoms with van der Waals surface area (Å²) in [7, 11) is 0. The lowest BCUT2D eigenvalue weighted by Crippen LogP contribution is -2.36. The molecule has 6 heteroatoms. The Labute approximate surface area is 129 Å². The number of halogens is 2. The molecule has 0 fully saturated rings. The van der Waals surface area contributed by atoms with Gasteiger partial charge in [0.2, 0.25) is 17.5 Å². The molecule has 1 atom stereocenters. The molecule has 0 bridgehead atoms. The average molecular weight is 357 g/mol. The third kappa shape index (κ3) is 2.55. The Morgan fingerprint density at radius 2 is 1.80 bits per heavy atom. The van der Waals surface area contributed by atoms with E-state index in [2.05, 4.69) is 21.2 Å². The Balaban J connectivity index is 2.40. The van der Waals surface area contributed by atoms with Crippen LogP contribution in [0.15, 0.2) is 35.0 Å². The second-order valence-electron chi connectivity index (χ2n) is 4.26. The minimum absolute atomic E-state index is 0.154. The number of allylic oxidation sites excluding steroid dienone is 2. The van der Waals surface area contributed by atoms with Gasteiger partial charge in [0.15, 0.2) is 0 Å². The van der Waals surface area contributed by atoms with Crippen molar-refractivity contribution in [1.82, 2.24) is 5.32 Å². The van der Waals surface area contributed by atoms with Gasteiger partial charge in [0.25, 0.3) is 0 Å². The van der Waals surface area contributed by atoms with E-state index in [1.54, 1.807) is 12.1 Å². The first kappa shape index (κ1) is 14.9. The van der Waals surface area contributed by atoms with E-state index < -0.39 is 22.3 Å². The number of carbonyl (C=O) groups excluding carboxylic acids is 3. The highest BCUT2D eigenvalue weighted by Gasteiger charge is 2.32. The number of carbonyl (C=O) groups is 3. The number of rotatable bonds is 3. The summed E-state index contributed by atoms with van der Waals surface area (Å²) in [6.45, 7) is 1.82. The van der Waals surface area contributed by atoms with Crippen molar-refractivity contribution in [3.8, 4) is 0 Å². The highest BCUT2D eigenvalue weighted by atomic mass is 79.9. The summed E-state index contributed by atoms with van der Waals surface area (Å²) in [6.07, 6.45) is 0.551. The molecule has 0 heterocycles. The molecule has 0 radical (unpaired) electrons. The van der Waals surface area contributed by atoms with Crippen molar-refractivity contribution in [3.63, 3.8) is 0 Å². The molecular formula is C14H11BrClNO3. The molecular weight excluding hydrogens is 346 g/mol. The number of benzene rings is 1. The monoisotopic (exact) mass is 355 g/mol. The fourth-order valence-corrected chi connectivity index (χ4v) is 2.19. The van der Waals surface area contributed by atoms with Crippen LogP contribution >= 0.6 is 27.5 Å². The molecule has 1 amide bonds. The SMILES string of the molecule is CCC(Br)C(=O)NC1=C(Cl)C(=O)c2ccccc2C1=O. The van der Waals surface area contributed by atoms with E-state index in [4.69, 9.17) is 11.6 Å². The van der Waals surface area contributed by atoms with Crippen LogP contribution in [0.4, 0.5) is 0 Å². The number of ketones is 2. The predicted molar refractivity (Wildman–Crippen MR) is 79.1 cm³/mol. The molecule has 20 heavy (non-hydrogen) atoms. The molecule has 0 aromatic heterocycles. The normalized spacial score (nSPS) is 15.9. The van der Waals surface area contributed by atoms with Crippen molar-refractivity contribution in [2.45, 2.75) is 18.2 Å². The van der Waals surface area contributed by atoms with E-state index in [1.807, 2.05) is 6.92 Å². The van der Waals surface area contributed by atoms with Gasteiger partial charge in [-0.3, -0.25) is 14.4 Å². The summed E-state index contributed by atoms with van der Waals surface area (Å²) in [5.74, 6) is -1.31. The number of nitrogens with one attached hydrogen (secondary N) is 1. The summed E-state index contributed by atoms with van der Waals surface area (Å²) in [5, 5.41) is 2.18. The molecule has 2 rings (SSSR count). The summed E-state index contributed by atoms with van der Waals surface area (Å²) < 4.78 is 0. The highest BCUT2D eigenvalue weighted by Crippen LogP contribution is 2.27. The van der Waals surface area contributed by atoms with Gasteiger partial charge < -0.3 is 5.32 Å². The maximum Gasteiger partial charge on any atom is 0.238 e. The van der Waals surface area contributed by atoms with Gasteiger partial charge in [-0.05, 0) is 6.42 Å². The topological polar surface area (TPSA) is 63.2 Å². The predicted octanol–water partition coefficient (Wildman–Crippen LogP) is 2.81. The van der Waals surface area contributed by atoms with Gasteiger partial charge in [-0.15, -0.1) is 0 Å². The van der Waals surface area contributed by atoms with Gasteiger partial charge in [-0.1, -0.05) is 58.7 Å². The Hall–Kier alpha value is -1.46. The van der Waals surface area contributed by atoms with E-state index in [0.29, 0.717) is 6.42 Å². The van der Waals surface area contributed by atoms with Gasteiger partial charge in [-0.2, -0.15) is 0 Å². The molecule has 104 valence electrons. The van der Waals surface area contributed by atoms with Crippen LogP contribution in [0.25, 0.3) is 0 Å². The molecule has 0 saturated carbocycles. The van der Waals surface area contributed by atoms with Crippen LogP contribution in [-0.2, 0) is 4.79 Å². The van der Waals surface area contributed by atoms with Crippen LogP contribution < -0.4 is 5.32 Å². The molecule has 0 saturated heterocycles. The van der Waals surface area contributed by atoms with Gasteiger partial charge >= 0.3 is 0 Å². The van der Waals surface area contributed by atoms with E-state index in [0.717, 1.165) is 0 Å². The molecule has 0 aliphatic heterocycles. The number of hydrogen-bond donors (Lipinski definition) is 1. The summed E-state index contributed by atoms with van der Waals surface area (Å²) >= 11 is 9.11. The molecule has 1 aromatic carbocycles. The highest BCUT2D eigenvalue weighted by molar-refractivity contribution is 9.10. The molecule has 1 aliphatic rings. The van der Waals surface area contributed by atoms with Crippen molar-refractivity contribution < 1.29 is 14.4 Å². The molecule has 0 spiro atoms. The van der Waals surface area contributed by atoms with E-state index >= 15 is 0 Å². The van der Waals surface area contributed by atoms with Crippen molar-refractivity contribution in [2.24, 2.45) is 0 Å². The average Bonchev–Trinajstić information content (AvgIpc) is 2.48. The molecule has 1 unspecified atom stereocenters. The number of alkyl halides is 1. The Kier molecular flexibility index (Phi) is 4.40. The third-order valence-electron chi connectivity index (χ3n) is 2.95. The Bertz CT molecular complexity index is 639. The first-order valence-electron chi connectivity index (χ1n) is 6.00. The van der Waals surface area contributed by atoms with Crippen LogP contribution in [0.2, 0.25) is 0 Å². The van der Waals surface area contributed by atoms with Crippen LogP contribution in [0.1, 0.15) is 34.1 Å². The van der Waals surface area contributed by atoms with Crippen LogP contribution in [0.3, 0.4) is 0 Å². The van der Waals surface area contributed by atoms with Crippen molar-refractivity contribution in [1.29, 1.82) is 0 Å². The summed E-state index contributed by atoms with van der Waals surface area (Å²) in [5.41, 5.74) is 0.351. The first-order chi connectivity index (χ1) is 9.47. The van der Waals surface area contributed by atoms with Crippen LogP contribution in [0.5, 0.6) is 0 Å². The lowest BCUT2D eigenvalue weighted by Gasteiger charge is -2.19. The fraction of sp³-hybridized carbons (Fsp3) is 0.214. The Morgan fingerprint density at radius 1 is 1.25 bits per heavy atom. The minimum atomic E-state index is -0.459. The lowest BCUT2D eigenvalue weighted by molar-refractivity contribution is -0.119. The first-order valence-corrected chi connectivity index (χ1v) is 7.29. The maximum atomic E-state index is 12.3. The summed E-state index contributed by atoms with van der Waals surface area (Å²) in [4.78, 5) is 35.8. The number of fused-ring (bicyclic) bond motifs is 1. The van der Waals surface area contributed by atoms with Crippen LogP contribution in [-0.4, -0.2) is 22.3 Å². The smallest absolute Gasteiger partial charge is 0.238 e. The zero-order chi connectivity index (χ0) is 14.9. The maximum absolute atomic E-state index is 12.3. The van der Waals surface area contributed by atoms with E-state index in [9.17, 15) is 14.4 Å². The second-order valence-corrected chi connectivity index (χ2v) is 5.74. The molecule has 4 nitrogen and oxygen atoms in total. The van der Waals surface area contributed by atoms with Gasteiger partial charge in [0.1, 0.15) is 10.7 Å². The standard InChI is InChI=1S/C14H11BrClNO3/c1-2-9(15)14(20)17-11-10(16)12(18)7-5-3-4-6-8(7)13(11)19/h3-6,9H,2H2,1H3,(H,17,20). The lowest BCUT2D eigenvalue weighted by atomic mass is 9.92. The van der Waals surface area contributed by atoms with Gasteiger partial charge in [0, 0.05) is 11.1 Å². The van der Waals surface area contributed by atoms with Crippen molar-refractivity contribution in [2.75, 3.05) is 0 Å². The van der Waals surface area contributed by atoms with Crippen LogP contribution in [0, 0.1) is 0 Å². The molecule has 1 aliphatic carbocycles. The third-order valence-corrected chi connectivity index (χ3v) is 4.38. The summed E-state index contributed by atoms with van der Waals surface area (Å²) in [6, 6.07) is 6.39. The number of Topliss-reactive ketones (excluding diaryl/α,β-unsaturated/α-hetero) is 2.